The lowest BCUT2D eigenvalue weighted by Gasteiger charge is -2.23. The second-order valence-electron chi connectivity index (χ2n) is 7.45. The van der Waals surface area contributed by atoms with Gasteiger partial charge in [0.15, 0.2) is 11.5 Å². The lowest BCUT2D eigenvalue weighted by molar-refractivity contribution is 0.0929. The van der Waals surface area contributed by atoms with Crippen LogP contribution in [-0.4, -0.2) is 23.7 Å². The highest BCUT2D eigenvalue weighted by molar-refractivity contribution is 6.07. The number of benzene rings is 2. The number of nitrogens with zero attached hydrogens (tertiary/aromatic N) is 1. The molecule has 0 bridgehead atoms. The van der Waals surface area contributed by atoms with E-state index in [0.29, 0.717) is 11.3 Å². The molecule has 1 N–H and O–H groups in total. The van der Waals surface area contributed by atoms with Crippen LogP contribution in [0.15, 0.2) is 48.5 Å². The molecule has 0 saturated heterocycles. The molecule has 3 aromatic rings. The fourth-order valence-electron chi connectivity index (χ4n) is 4.08. The fraction of sp³-hybridized carbons (Fsp3) is 0.304. The Morgan fingerprint density at radius 2 is 1.79 bits per heavy atom. The van der Waals surface area contributed by atoms with Crippen LogP contribution in [0.5, 0.6) is 11.5 Å². The summed E-state index contributed by atoms with van der Waals surface area (Å²) in [5.74, 6) is 1.42. The number of aromatic nitrogens is 1. The Bertz CT molecular complexity index is 1040. The molecule has 5 rings (SSSR count). The maximum absolute atomic E-state index is 13.1. The average molecular weight is 374 g/mol. The van der Waals surface area contributed by atoms with E-state index < -0.39 is 0 Å². The number of amides is 1. The number of hydrogen-bond acceptors (Lipinski definition) is 4. The zero-order valence-corrected chi connectivity index (χ0v) is 15.6. The molecule has 2 aliphatic rings. The molecule has 1 aliphatic heterocycles. The van der Waals surface area contributed by atoms with Gasteiger partial charge in [0.2, 0.25) is 6.79 Å². The summed E-state index contributed by atoms with van der Waals surface area (Å²) in [4.78, 5) is 17.9. The molecule has 0 atom stereocenters. The number of para-hydroxylation sites is 1. The summed E-state index contributed by atoms with van der Waals surface area (Å²) in [7, 11) is 0. The zero-order valence-electron chi connectivity index (χ0n) is 15.6. The van der Waals surface area contributed by atoms with Gasteiger partial charge >= 0.3 is 0 Å². The van der Waals surface area contributed by atoms with E-state index in [2.05, 4.69) is 5.32 Å². The van der Waals surface area contributed by atoms with E-state index in [1.807, 2.05) is 48.5 Å². The minimum absolute atomic E-state index is 0.0208. The lowest BCUT2D eigenvalue weighted by Crippen LogP contribution is -2.36. The van der Waals surface area contributed by atoms with Crippen molar-refractivity contribution in [1.82, 2.24) is 10.3 Å². The van der Waals surface area contributed by atoms with Crippen molar-refractivity contribution in [2.45, 2.75) is 38.1 Å². The average Bonchev–Trinajstić information content (AvgIpc) is 3.21. The van der Waals surface area contributed by atoms with Gasteiger partial charge < -0.3 is 14.8 Å². The first-order chi connectivity index (χ1) is 13.8. The number of nitrogens with one attached hydrogen (secondary N) is 1. The third-order valence-corrected chi connectivity index (χ3v) is 5.57. The van der Waals surface area contributed by atoms with E-state index in [4.69, 9.17) is 14.5 Å². The number of hydrogen-bond donors (Lipinski definition) is 1. The van der Waals surface area contributed by atoms with Gasteiger partial charge in [0.25, 0.3) is 5.91 Å². The van der Waals surface area contributed by atoms with E-state index in [0.717, 1.165) is 40.8 Å². The first kappa shape index (κ1) is 17.0. The SMILES string of the molecule is O=C(NC1CCCCC1)c1cc(-c2ccc3c(c2)OCO3)nc2ccccc12. The Balaban J connectivity index is 1.55. The topological polar surface area (TPSA) is 60.5 Å². The molecule has 142 valence electrons. The number of rotatable bonds is 3. The number of pyridine rings is 1. The van der Waals surface area contributed by atoms with E-state index >= 15 is 0 Å². The van der Waals surface area contributed by atoms with Crippen molar-refractivity contribution >= 4 is 16.8 Å². The van der Waals surface area contributed by atoms with Gasteiger partial charge in [0.05, 0.1) is 16.8 Å². The van der Waals surface area contributed by atoms with Gasteiger partial charge in [-0.1, -0.05) is 37.5 Å². The Hall–Kier alpha value is -3.08. The summed E-state index contributed by atoms with van der Waals surface area (Å²) in [5, 5.41) is 4.11. The van der Waals surface area contributed by atoms with Crippen LogP contribution >= 0.6 is 0 Å². The molecule has 2 heterocycles. The van der Waals surface area contributed by atoms with Crippen LogP contribution in [0.1, 0.15) is 42.5 Å². The maximum Gasteiger partial charge on any atom is 0.252 e. The molecule has 2 aromatic carbocycles. The first-order valence-electron chi connectivity index (χ1n) is 9.88. The van der Waals surface area contributed by atoms with Crippen molar-refractivity contribution in [3.63, 3.8) is 0 Å². The molecule has 1 aromatic heterocycles. The lowest BCUT2D eigenvalue weighted by atomic mass is 9.95. The number of ether oxygens (including phenoxy) is 2. The molecule has 0 spiro atoms. The van der Waals surface area contributed by atoms with Gasteiger partial charge in [0.1, 0.15) is 0 Å². The minimum Gasteiger partial charge on any atom is -0.454 e. The van der Waals surface area contributed by atoms with Crippen molar-refractivity contribution in [2.24, 2.45) is 0 Å². The first-order valence-corrected chi connectivity index (χ1v) is 9.88. The Labute approximate surface area is 163 Å². The van der Waals surface area contributed by atoms with Crippen LogP contribution in [0.4, 0.5) is 0 Å². The summed E-state index contributed by atoms with van der Waals surface area (Å²) < 4.78 is 10.9. The molecule has 1 amide bonds. The zero-order chi connectivity index (χ0) is 18.9. The largest absolute Gasteiger partial charge is 0.454 e. The smallest absolute Gasteiger partial charge is 0.252 e. The molecule has 1 aliphatic carbocycles. The van der Waals surface area contributed by atoms with Gasteiger partial charge in [-0.3, -0.25) is 4.79 Å². The standard InChI is InChI=1S/C23H22N2O3/c26-23(24-16-6-2-1-3-7-16)18-13-20(25-19-9-5-4-8-17(18)19)15-10-11-21-22(12-15)28-14-27-21/h4-5,8-13,16H,1-3,6-7,14H2,(H,24,26). The highest BCUT2D eigenvalue weighted by Crippen LogP contribution is 2.36. The van der Waals surface area contributed by atoms with Gasteiger partial charge in [0, 0.05) is 17.0 Å². The van der Waals surface area contributed by atoms with E-state index in [-0.39, 0.29) is 18.7 Å². The summed E-state index contributed by atoms with van der Waals surface area (Å²) >= 11 is 0. The third kappa shape index (κ3) is 3.17. The molecular formula is C23H22N2O3. The minimum atomic E-state index is -0.0208. The quantitative estimate of drug-likeness (QED) is 0.722. The Morgan fingerprint density at radius 1 is 0.964 bits per heavy atom. The number of carbonyl (C=O) groups is 1. The number of fused-ring (bicyclic) bond motifs is 2. The molecule has 0 radical (unpaired) electrons. The van der Waals surface area contributed by atoms with Crippen LogP contribution in [-0.2, 0) is 0 Å². The highest BCUT2D eigenvalue weighted by Gasteiger charge is 2.20. The van der Waals surface area contributed by atoms with Crippen LogP contribution in [0.3, 0.4) is 0 Å². The molecule has 0 unspecified atom stereocenters. The molecule has 1 fully saturated rings. The number of carbonyl (C=O) groups excluding carboxylic acids is 1. The second kappa shape index (κ2) is 7.15. The normalized spacial score (nSPS) is 16.3. The molecular weight excluding hydrogens is 352 g/mol. The molecule has 1 saturated carbocycles. The molecule has 28 heavy (non-hydrogen) atoms. The van der Waals surface area contributed by atoms with Gasteiger partial charge in [-0.25, -0.2) is 4.98 Å². The predicted molar refractivity (Wildman–Crippen MR) is 108 cm³/mol. The van der Waals surface area contributed by atoms with Crippen LogP contribution < -0.4 is 14.8 Å². The van der Waals surface area contributed by atoms with Crippen LogP contribution in [0, 0.1) is 0 Å². The van der Waals surface area contributed by atoms with Crippen molar-refractivity contribution in [3.05, 3.63) is 54.1 Å². The summed E-state index contributed by atoms with van der Waals surface area (Å²) in [5.41, 5.74) is 3.14. The predicted octanol–water partition coefficient (Wildman–Crippen LogP) is 4.69. The summed E-state index contributed by atoms with van der Waals surface area (Å²) in [6, 6.07) is 15.7. The fourth-order valence-corrected chi connectivity index (χ4v) is 4.08. The van der Waals surface area contributed by atoms with Crippen LogP contribution in [0.2, 0.25) is 0 Å². The third-order valence-electron chi connectivity index (χ3n) is 5.57. The van der Waals surface area contributed by atoms with E-state index in [9.17, 15) is 4.79 Å². The van der Waals surface area contributed by atoms with Gasteiger partial charge in [-0.15, -0.1) is 0 Å². The van der Waals surface area contributed by atoms with Gasteiger partial charge in [-0.05, 0) is 43.2 Å². The summed E-state index contributed by atoms with van der Waals surface area (Å²) in [6.07, 6.45) is 5.75. The highest BCUT2D eigenvalue weighted by atomic mass is 16.7. The summed E-state index contributed by atoms with van der Waals surface area (Å²) in [6.45, 7) is 0.235. The van der Waals surface area contributed by atoms with Crippen molar-refractivity contribution in [2.75, 3.05) is 6.79 Å². The van der Waals surface area contributed by atoms with Crippen molar-refractivity contribution in [1.29, 1.82) is 0 Å². The maximum atomic E-state index is 13.1. The molecule has 5 heteroatoms. The van der Waals surface area contributed by atoms with Crippen molar-refractivity contribution < 1.29 is 14.3 Å². The monoisotopic (exact) mass is 374 g/mol. The Morgan fingerprint density at radius 3 is 2.68 bits per heavy atom. The van der Waals surface area contributed by atoms with E-state index in [1.54, 1.807) is 0 Å². The molecule has 5 nitrogen and oxygen atoms in total. The Kier molecular flexibility index (Phi) is 4.35. The van der Waals surface area contributed by atoms with Gasteiger partial charge in [-0.2, -0.15) is 0 Å². The van der Waals surface area contributed by atoms with Crippen molar-refractivity contribution in [3.8, 4) is 22.8 Å². The van der Waals surface area contributed by atoms with Crippen LogP contribution in [0.25, 0.3) is 22.2 Å². The van der Waals surface area contributed by atoms with E-state index in [1.165, 1.54) is 19.3 Å². The second-order valence-corrected chi connectivity index (χ2v) is 7.45.